The maximum Gasteiger partial charge on any atom is 0.266 e. The van der Waals surface area contributed by atoms with Crippen LogP contribution in [0.1, 0.15) is 38.3 Å². The van der Waals surface area contributed by atoms with Crippen molar-refractivity contribution in [1.82, 2.24) is 14.2 Å². The van der Waals surface area contributed by atoms with Crippen LogP contribution in [-0.2, 0) is 14.8 Å². The zero-order valence-corrected chi connectivity index (χ0v) is 18.9. The molecule has 1 atom stereocenters. The number of hydrogen-bond donors (Lipinski definition) is 0. The summed E-state index contributed by atoms with van der Waals surface area (Å²) in [6, 6.07) is 4.84. The van der Waals surface area contributed by atoms with Gasteiger partial charge < -0.3 is 18.6 Å². The van der Waals surface area contributed by atoms with Gasteiger partial charge in [-0.25, -0.2) is 8.42 Å². The van der Waals surface area contributed by atoms with Gasteiger partial charge in [0.1, 0.15) is 12.1 Å². The number of nitrogens with zero attached hydrogens (tertiary/aromatic N) is 5. The summed E-state index contributed by atoms with van der Waals surface area (Å²) < 4.78 is 37.9. The Morgan fingerprint density at radius 3 is 2.69 bits per heavy atom. The lowest BCUT2D eigenvalue weighted by Crippen LogP contribution is -2.57. The summed E-state index contributed by atoms with van der Waals surface area (Å²) >= 11 is 0. The largest absolute Gasteiger partial charge is 0.459 e. The molecule has 2 fully saturated rings. The molecule has 32 heavy (non-hydrogen) atoms. The third-order valence-corrected chi connectivity index (χ3v) is 7.96. The molecule has 172 valence electrons. The summed E-state index contributed by atoms with van der Waals surface area (Å²) in [7, 11) is -3.44. The molecule has 1 unspecified atom stereocenters. The van der Waals surface area contributed by atoms with Gasteiger partial charge in [-0.1, -0.05) is 13.3 Å². The molecule has 4 rings (SSSR count). The molecule has 2 aromatic rings. The molecule has 0 radical (unpaired) electrons. The Morgan fingerprint density at radius 2 is 2.03 bits per heavy atom. The number of carbonyl (C=O) groups is 1. The average molecular weight is 462 g/mol. The topological polar surface area (TPSA) is 124 Å². The van der Waals surface area contributed by atoms with E-state index in [0.717, 1.165) is 12.8 Å². The standard InChI is InChI=1S/C21H27N5O5S/c1-2-14-32(28,29)26-8-4-3-6-17(26)20(27)24-9-11-25(12-10-24)21-16(15-22)23-19(31-21)18-7-5-13-30-18/h5,7,13,17H,2-4,6,8-12,14H2,1H3. The number of aromatic nitrogens is 1. The van der Waals surface area contributed by atoms with Gasteiger partial charge in [-0.2, -0.15) is 14.6 Å². The van der Waals surface area contributed by atoms with Crippen LogP contribution in [0.25, 0.3) is 11.7 Å². The molecule has 4 heterocycles. The van der Waals surface area contributed by atoms with Crippen molar-refractivity contribution in [2.45, 2.75) is 38.6 Å². The van der Waals surface area contributed by atoms with E-state index in [1.807, 2.05) is 11.8 Å². The zero-order chi connectivity index (χ0) is 22.7. The number of furan rings is 1. The first-order valence-electron chi connectivity index (χ1n) is 10.9. The Labute approximate surface area is 187 Å². The van der Waals surface area contributed by atoms with Gasteiger partial charge in [0.25, 0.3) is 5.89 Å². The fourth-order valence-corrected chi connectivity index (χ4v) is 6.05. The van der Waals surface area contributed by atoms with Crippen LogP contribution in [0.4, 0.5) is 5.88 Å². The number of oxazole rings is 1. The molecular weight excluding hydrogens is 434 g/mol. The smallest absolute Gasteiger partial charge is 0.266 e. The van der Waals surface area contributed by atoms with E-state index in [1.54, 1.807) is 17.0 Å². The molecule has 0 saturated carbocycles. The fourth-order valence-electron chi connectivity index (χ4n) is 4.31. The highest BCUT2D eigenvalue weighted by Gasteiger charge is 2.39. The number of hydrogen-bond acceptors (Lipinski definition) is 8. The third kappa shape index (κ3) is 4.38. The lowest BCUT2D eigenvalue weighted by Gasteiger charge is -2.40. The van der Waals surface area contributed by atoms with Crippen molar-refractivity contribution in [2.75, 3.05) is 43.4 Å². The number of piperazine rings is 1. The lowest BCUT2D eigenvalue weighted by atomic mass is 10.0. The van der Waals surface area contributed by atoms with Crippen LogP contribution in [0.2, 0.25) is 0 Å². The van der Waals surface area contributed by atoms with Crippen molar-refractivity contribution >= 4 is 21.8 Å². The van der Waals surface area contributed by atoms with E-state index in [0.29, 0.717) is 57.2 Å². The summed E-state index contributed by atoms with van der Waals surface area (Å²) in [6.45, 7) is 3.98. The third-order valence-electron chi connectivity index (χ3n) is 5.88. The Balaban J connectivity index is 1.44. The first-order chi connectivity index (χ1) is 15.4. The monoisotopic (exact) mass is 461 g/mol. The minimum atomic E-state index is -3.44. The van der Waals surface area contributed by atoms with Gasteiger partial charge in [0.05, 0.1) is 12.0 Å². The van der Waals surface area contributed by atoms with Crippen LogP contribution in [0, 0.1) is 11.3 Å². The Hall–Kier alpha value is -2.84. The molecule has 10 nitrogen and oxygen atoms in total. The Kier molecular flexibility index (Phi) is 6.53. The number of anilines is 1. The number of piperidine rings is 1. The molecule has 2 aromatic heterocycles. The molecule has 0 N–H and O–H groups in total. The number of nitriles is 1. The van der Waals surface area contributed by atoms with Gasteiger partial charge >= 0.3 is 0 Å². The van der Waals surface area contributed by atoms with Crippen molar-refractivity contribution in [3.05, 3.63) is 24.1 Å². The second-order valence-corrected chi connectivity index (χ2v) is 10.1. The number of sulfonamides is 1. The van der Waals surface area contributed by atoms with Crippen molar-refractivity contribution in [1.29, 1.82) is 5.26 Å². The van der Waals surface area contributed by atoms with Gasteiger partial charge in [0, 0.05) is 32.7 Å². The normalized spacial score (nSPS) is 20.3. The molecule has 2 saturated heterocycles. The molecule has 0 aromatic carbocycles. The van der Waals surface area contributed by atoms with Crippen LogP contribution in [0.5, 0.6) is 0 Å². The highest BCUT2D eigenvalue weighted by atomic mass is 32.2. The fraction of sp³-hybridized carbons (Fsp3) is 0.571. The van der Waals surface area contributed by atoms with E-state index in [9.17, 15) is 18.5 Å². The average Bonchev–Trinajstić information content (AvgIpc) is 3.48. The maximum atomic E-state index is 13.2. The van der Waals surface area contributed by atoms with E-state index in [-0.39, 0.29) is 23.2 Å². The molecule has 0 spiro atoms. The van der Waals surface area contributed by atoms with E-state index in [4.69, 9.17) is 8.83 Å². The van der Waals surface area contributed by atoms with Gasteiger partial charge in [-0.05, 0) is 31.4 Å². The lowest BCUT2D eigenvalue weighted by molar-refractivity contribution is -0.136. The summed E-state index contributed by atoms with van der Waals surface area (Å²) in [6.07, 6.45) is 4.20. The Bertz CT molecular complexity index is 1080. The van der Waals surface area contributed by atoms with Gasteiger partial charge in [0.2, 0.25) is 27.5 Å². The van der Waals surface area contributed by atoms with E-state index in [1.165, 1.54) is 10.6 Å². The van der Waals surface area contributed by atoms with E-state index < -0.39 is 16.1 Å². The van der Waals surface area contributed by atoms with Crippen molar-refractivity contribution in [3.63, 3.8) is 0 Å². The first kappa shape index (κ1) is 22.4. The summed E-state index contributed by atoms with van der Waals surface area (Å²) in [5.74, 6) is 0.950. The van der Waals surface area contributed by atoms with Gasteiger partial charge in [-0.15, -0.1) is 0 Å². The maximum absolute atomic E-state index is 13.2. The molecule has 0 aliphatic carbocycles. The molecular formula is C21H27N5O5S. The van der Waals surface area contributed by atoms with Crippen LogP contribution < -0.4 is 4.90 Å². The molecule has 1 amide bonds. The van der Waals surface area contributed by atoms with Crippen LogP contribution in [-0.4, -0.2) is 73.0 Å². The number of carbonyl (C=O) groups excluding carboxylic acids is 1. The van der Waals surface area contributed by atoms with Crippen molar-refractivity contribution < 1.29 is 22.0 Å². The van der Waals surface area contributed by atoms with E-state index in [2.05, 4.69) is 11.1 Å². The minimum Gasteiger partial charge on any atom is -0.459 e. The molecule has 2 aliphatic rings. The van der Waals surface area contributed by atoms with Crippen LogP contribution >= 0.6 is 0 Å². The molecule has 11 heteroatoms. The zero-order valence-electron chi connectivity index (χ0n) is 18.1. The summed E-state index contributed by atoms with van der Waals surface area (Å²) in [5.41, 5.74) is 0.167. The first-order valence-corrected chi connectivity index (χ1v) is 12.5. The second-order valence-electron chi connectivity index (χ2n) is 8.01. The summed E-state index contributed by atoms with van der Waals surface area (Å²) in [5, 5.41) is 9.46. The minimum absolute atomic E-state index is 0.0605. The van der Waals surface area contributed by atoms with Crippen molar-refractivity contribution in [2.24, 2.45) is 0 Å². The van der Waals surface area contributed by atoms with E-state index >= 15 is 0 Å². The number of rotatable bonds is 6. The Morgan fingerprint density at radius 1 is 1.25 bits per heavy atom. The second kappa shape index (κ2) is 9.34. The highest BCUT2D eigenvalue weighted by Crippen LogP contribution is 2.30. The van der Waals surface area contributed by atoms with Gasteiger partial charge in [-0.3, -0.25) is 4.79 Å². The SMILES string of the molecule is CCCS(=O)(=O)N1CCCCC1C(=O)N1CCN(c2oc(-c3ccco3)nc2C#N)CC1. The van der Waals surface area contributed by atoms with Crippen molar-refractivity contribution in [3.8, 4) is 17.7 Å². The summed E-state index contributed by atoms with van der Waals surface area (Å²) in [4.78, 5) is 21.1. The van der Waals surface area contributed by atoms with Crippen LogP contribution in [0.15, 0.2) is 27.2 Å². The predicted molar refractivity (Wildman–Crippen MR) is 116 cm³/mol. The highest BCUT2D eigenvalue weighted by molar-refractivity contribution is 7.89. The quantitative estimate of drug-likeness (QED) is 0.640. The van der Waals surface area contributed by atoms with Gasteiger partial charge in [0.15, 0.2) is 5.76 Å². The number of amides is 1. The molecule has 0 bridgehead atoms. The molecule has 2 aliphatic heterocycles. The van der Waals surface area contributed by atoms with Crippen LogP contribution in [0.3, 0.4) is 0 Å². The predicted octanol–water partition coefficient (Wildman–Crippen LogP) is 2.05.